The standard InChI is InChI=1S/C38H26N2O/c1-38(2)31-18-9-8-15-25(31)26-19-20-28-27-16-10-17-29(35(27)41-36(28)32(26)38)37-39-33(22-11-4-3-5-12-22)30-21-23-13-6-7-14-24(23)34(30)40-37/h3-20H,21H2,1-2H3. The summed E-state index contributed by atoms with van der Waals surface area (Å²) in [4.78, 5) is 10.5. The molecule has 0 fully saturated rings. The second-order valence-corrected chi connectivity index (χ2v) is 11.7. The number of rotatable bonds is 2. The highest BCUT2D eigenvalue weighted by atomic mass is 16.3. The average Bonchev–Trinajstić information content (AvgIpc) is 3.65. The lowest BCUT2D eigenvalue weighted by atomic mass is 9.82. The number of hydrogen-bond acceptors (Lipinski definition) is 3. The van der Waals surface area contributed by atoms with Crippen molar-refractivity contribution in [1.82, 2.24) is 9.97 Å². The largest absolute Gasteiger partial charge is 0.455 e. The van der Waals surface area contributed by atoms with Crippen LogP contribution in [0, 0.1) is 0 Å². The van der Waals surface area contributed by atoms with E-state index in [0.717, 1.165) is 50.9 Å². The van der Waals surface area contributed by atoms with E-state index in [1.165, 1.54) is 38.9 Å². The van der Waals surface area contributed by atoms with E-state index in [2.05, 4.69) is 117 Å². The Bertz CT molecular complexity index is 2200. The van der Waals surface area contributed by atoms with Gasteiger partial charge in [-0.3, -0.25) is 0 Å². The fourth-order valence-corrected chi connectivity index (χ4v) is 7.21. The summed E-state index contributed by atoms with van der Waals surface area (Å²) in [5, 5.41) is 2.23. The summed E-state index contributed by atoms with van der Waals surface area (Å²) < 4.78 is 6.90. The van der Waals surface area contributed by atoms with Gasteiger partial charge in [0, 0.05) is 44.9 Å². The zero-order chi connectivity index (χ0) is 27.3. The van der Waals surface area contributed by atoms with Crippen molar-refractivity contribution < 1.29 is 4.42 Å². The molecule has 3 heteroatoms. The Balaban J connectivity index is 1.33. The van der Waals surface area contributed by atoms with Gasteiger partial charge in [-0.25, -0.2) is 9.97 Å². The monoisotopic (exact) mass is 526 g/mol. The fourth-order valence-electron chi connectivity index (χ4n) is 7.21. The van der Waals surface area contributed by atoms with Gasteiger partial charge in [0.05, 0.1) is 17.0 Å². The van der Waals surface area contributed by atoms with Crippen LogP contribution in [0.3, 0.4) is 0 Å². The average molecular weight is 527 g/mol. The lowest BCUT2D eigenvalue weighted by Gasteiger charge is -2.21. The molecule has 2 aliphatic carbocycles. The Morgan fingerprint density at radius 1 is 0.585 bits per heavy atom. The number of aromatic nitrogens is 2. The highest BCUT2D eigenvalue weighted by Gasteiger charge is 2.38. The SMILES string of the molecule is CC1(C)c2ccccc2-c2ccc3c(oc4c(-c5nc(-c6ccccc6)c6c(n5)-c5ccccc5C6)cccc43)c21. The van der Waals surface area contributed by atoms with Gasteiger partial charge in [-0.1, -0.05) is 111 Å². The maximum absolute atomic E-state index is 6.90. The Labute approximate surface area is 238 Å². The van der Waals surface area contributed by atoms with Crippen LogP contribution in [0.1, 0.15) is 36.1 Å². The minimum atomic E-state index is -0.159. The molecule has 0 saturated heterocycles. The lowest BCUT2D eigenvalue weighted by Crippen LogP contribution is -2.15. The van der Waals surface area contributed by atoms with E-state index in [9.17, 15) is 0 Å². The van der Waals surface area contributed by atoms with E-state index >= 15 is 0 Å². The van der Waals surface area contributed by atoms with Gasteiger partial charge < -0.3 is 4.42 Å². The summed E-state index contributed by atoms with van der Waals surface area (Å²) >= 11 is 0. The highest BCUT2D eigenvalue weighted by Crippen LogP contribution is 2.53. The van der Waals surface area contributed by atoms with Crippen LogP contribution in [0.4, 0.5) is 0 Å². The Hall–Kier alpha value is -5.02. The topological polar surface area (TPSA) is 38.9 Å². The van der Waals surface area contributed by atoms with Crippen molar-refractivity contribution in [3.63, 3.8) is 0 Å². The summed E-state index contributed by atoms with van der Waals surface area (Å²) in [5.74, 6) is 0.697. The third-order valence-electron chi connectivity index (χ3n) is 9.12. The molecule has 0 bridgehead atoms. The minimum Gasteiger partial charge on any atom is -0.455 e. The molecule has 5 aromatic carbocycles. The van der Waals surface area contributed by atoms with E-state index in [1.54, 1.807) is 0 Å². The van der Waals surface area contributed by atoms with Crippen LogP contribution >= 0.6 is 0 Å². The van der Waals surface area contributed by atoms with Gasteiger partial charge in [0.2, 0.25) is 0 Å². The molecular weight excluding hydrogens is 500 g/mol. The maximum Gasteiger partial charge on any atom is 0.164 e. The van der Waals surface area contributed by atoms with Crippen molar-refractivity contribution in [2.24, 2.45) is 0 Å². The second-order valence-electron chi connectivity index (χ2n) is 11.7. The molecule has 41 heavy (non-hydrogen) atoms. The molecule has 2 heterocycles. The van der Waals surface area contributed by atoms with E-state index in [0.29, 0.717) is 5.82 Å². The van der Waals surface area contributed by atoms with Crippen molar-refractivity contribution in [2.75, 3.05) is 0 Å². The molecule has 0 amide bonds. The van der Waals surface area contributed by atoms with Crippen LogP contribution in [-0.4, -0.2) is 9.97 Å². The van der Waals surface area contributed by atoms with Crippen molar-refractivity contribution >= 4 is 21.9 Å². The maximum atomic E-state index is 6.90. The van der Waals surface area contributed by atoms with Gasteiger partial charge in [-0.15, -0.1) is 0 Å². The van der Waals surface area contributed by atoms with Crippen LogP contribution < -0.4 is 0 Å². The first kappa shape index (κ1) is 22.8. The molecular formula is C38H26N2O. The molecule has 0 atom stereocenters. The van der Waals surface area contributed by atoms with Crippen molar-refractivity contribution in [2.45, 2.75) is 25.7 Å². The highest BCUT2D eigenvalue weighted by molar-refractivity contribution is 6.12. The molecule has 0 radical (unpaired) electrons. The van der Waals surface area contributed by atoms with Gasteiger partial charge >= 0.3 is 0 Å². The molecule has 2 aliphatic rings. The van der Waals surface area contributed by atoms with Crippen LogP contribution in [0.15, 0.2) is 114 Å². The van der Waals surface area contributed by atoms with E-state index < -0.39 is 0 Å². The van der Waals surface area contributed by atoms with Gasteiger partial charge in [-0.2, -0.15) is 0 Å². The first-order valence-electron chi connectivity index (χ1n) is 14.2. The van der Waals surface area contributed by atoms with Crippen molar-refractivity contribution in [1.29, 1.82) is 0 Å². The molecule has 194 valence electrons. The van der Waals surface area contributed by atoms with E-state index in [-0.39, 0.29) is 5.41 Å². The number of benzene rings is 5. The summed E-state index contributed by atoms with van der Waals surface area (Å²) in [6.45, 7) is 4.61. The molecule has 2 aromatic heterocycles. The van der Waals surface area contributed by atoms with Crippen LogP contribution in [0.25, 0.3) is 67.0 Å². The van der Waals surface area contributed by atoms with Crippen LogP contribution in [0.2, 0.25) is 0 Å². The normalized spacial score (nSPS) is 14.2. The summed E-state index contributed by atoms with van der Waals surface area (Å²) in [5.41, 5.74) is 14.5. The molecule has 9 rings (SSSR count). The summed E-state index contributed by atoms with van der Waals surface area (Å²) in [6, 6.07) is 38.6. The quantitative estimate of drug-likeness (QED) is 0.225. The second kappa shape index (κ2) is 8.02. The molecule has 0 saturated carbocycles. The zero-order valence-corrected chi connectivity index (χ0v) is 22.9. The fraction of sp³-hybridized carbons (Fsp3) is 0.105. The van der Waals surface area contributed by atoms with Crippen LogP contribution in [-0.2, 0) is 11.8 Å². The summed E-state index contributed by atoms with van der Waals surface area (Å²) in [7, 11) is 0. The first-order valence-corrected chi connectivity index (χ1v) is 14.2. The Morgan fingerprint density at radius 3 is 2.17 bits per heavy atom. The number of furan rings is 1. The Kier molecular flexibility index (Phi) is 4.45. The van der Waals surface area contributed by atoms with E-state index in [4.69, 9.17) is 14.4 Å². The molecule has 0 spiro atoms. The molecule has 3 nitrogen and oxygen atoms in total. The molecule has 0 aliphatic heterocycles. The Morgan fingerprint density at radius 2 is 1.29 bits per heavy atom. The third kappa shape index (κ3) is 3.03. The number of nitrogens with zero attached hydrogens (tertiary/aromatic N) is 2. The first-order chi connectivity index (χ1) is 20.1. The predicted octanol–water partition coefficient (Wildman–Crippen LogP) is 9.59. The number of para-hydroxylation sites is 1. The molecule has 7 aromatic rings. The number of fused-ring (bicyclic) bond motifs is 10. The zero-order valence-electron chi connectivity index (χ0n) is 22.9. The van der Waals surface area contributed by atoms with Crippen molar-refractivity contribution in [3.8, 4) is 45.0 Å². The van der Waals surface area contributed by atoms with Crippen molar-refractivity contribution in [3.05, 3.63) is 131 Å². The third-order valence-corrected chi connectivity index (χ3v) is 9.12. The van der Waals surface area contributed by atoms with Gasteiger partial charge in [-0.05, 0) is 34.4 Å². The number of hydrogen-bond donors (Lipinski definition) is 0. The smallest absolute Gasteiger partial charge is 0.164 e. The van der Waals surface area contributed by atoms with E-state index in [1.807, 2.05) is 6.07 Å². The van der Waals surface area contributed by atoms with Gasteiger partial charge in [0.1, 0.15) is 11.2 Å². The lowest BCUT2D eigenvalue weighted by molar-refractivity contribution is 0.620. The molecule has 0 N–H and O–H groups in total. The van der Waals surface area contributed by atoms with Gasteiger partial charge in [0.25, 0.3) is 0 Å². The minimum absolute atomic E-state index is 0.159. The molecule has 0 unspecified atom stereocenters. The predicted molar refractivity (Wildman–Crippen MR) is 166 cm³/mol. The van der Waals surface area contributed by atoms with Crippen LogP contribution in [0.5, 0.6) is 0 Å². The van der Waals surface area contributed by atoms with Gasteiger partial charge in [0.15, 0.2) is 5.82 Å². The summed E-state index contributed by atoms with van der Waals surface area (Å²) in [6.07, 6.45) is 0.840.